The second kappa shape index (κ2) is 7.12. The summed E-state index contributed by atoms with van der Waals surface area (Å²) in [7, 11) is 0. The Morgan fingerprint density at radius 1 is 1.31 bits per heavy atom. The van der Waals surface area contributed by atoms with E-state index in [1.54, 1.807) is 6.20 Å². The number of anilines is 5. The predicted octanol–water partition coefficient (Wildman–Crippen LogP) is 4.16. The summed E-state index contributed by atoms with van der Waals surface area (Å²) in [6, 6.07) is 8.49. The first-order valence-corrected chi connectivity index (χ1v) is 9.87. The Labute approximate surface area is 169 Å². The Balaban J connectivity index is 1.63. The van der Waals surface area contributed by atoms with Crippen molar-refractivity contribution in [3.63, 3.8) is 0 Å². The minimum absolute atomic E-state index is 0.497. The zero-order chi connectivity index (χ0) is 19.8. The molecule has 0 unspecified atom stereocenters. The lowest BCUT2D eigenvalue weighted by Gasteiger charge is -2.41. The lowest BCUT2D eigenvalue weighted by Crippen LogP contribution is -2.39. The number of nitrogens with zero attached hydrogens (tertiary/aromatic N) is 5. The van der Waals surface area contributed by atoms with Gasteiger partial charge >= 0.3 is 0 Å². The Morgan fingerprint density at radius 3 is 2.93 bits per heavy atom. The van der Waals surface area contributed by atoms with Crippen LogP contribution in [0.5, 0.6) is 0 Å². The lowest BCUT2D eigenvalue weighted by atomic mass is 10.1. The highest BCUT2D eigenvalue weighted by molar-refractivity contribution is 5.72. The second-order valence-corrected chi connectivity index (χ2v) is 7.34. The van der Waals surface area contributed by atoms with Crippen molar-refractivity contribution >= 4 is 28.8 Å². The van der Waals surface area contributed by atoms with Gasteiger partial charge in [0.2, 0.25) is 5.95 Å². The first-order valence-electron chi connectivity index (χ1n) is 9.87. The maximum atomic E-state index is 6.11. The number of benzene rings is 1. The molecule has 1 saturated carbocycles. The smallest absolute Gasteiger partial charge is 0.229 e. The van der Waals surface area contributed by atoms with E-state index in [0.29, 0.717) is 17.7 Å². The zero-order valence-corrected chi connectivity index (χ0v) is 16.2. The Bertz CT molecular complexity index is 1040. The van der Waals surface area contributed by atoms with Gasteiger partial charge in [-0.25, -0.2) is 4.98 Å². The molecule has 3 N–H and O–H groups in total. The van der Waals surface area contributed by atoms with Crippen molar-refractivity contribution in [2.75, 3.05) is 16.0 Å². The molecular weight excluding hydrogens is 366 g/mol. The lowest BCUT2D eigenvalue weighted by molar-refractivity contribution is 0.308. The monoisotopic (exact) mass is 389 g/mol. The third kappa shape index (κ3) is 3.37. The molecule has 3 heterocycles. The SMILES string of the molecule is CC/C=C1\N(c2cccc(N)c2)c2nc(Nc3cnoc3)ncc2CN1C1CC1. The molecule has 1 aliphatic carbocycles. The maximum Gasteiger partial charge on any atom is 0.229 e. The van der Waals surface area contributed by atoms with Gasteiger partial charge in [-0.15, -0.1) is 0 Å². The van der Waals surface area contributed by atoms with Crippen LogP contribution in [-0.4, -0.2) is 26.1 Å². The average Bonchev–Trinajstić information content (AvgIpc) is 3.44. The fourth-order valence-corrected chi connectivity index (χ4v) is 3.67. The van der Waals surface area contributed by atoms with Crippen molar-refractivity contribution in [3.8, 4) is 0 Å². The van der Waals surface area contributed by atoms with Gasteiger partial charge in [0.25, 0.3) is 0 Å². The summed E-state index contributed by atoms with van der Waals surface area (Å²) in [5.41, 5.74) is 9.62. The molecule has 0 spiro atoms. The van der Waals surface area contributed by atoms with Gasteiger partial charge in [0.05, 0.1) is 11.9 Å². The second-order valence-electron chi connectivity index (χ2n) is 7.34. The molecule has 0 radical (unpaired) electrons. The van der Waals surface area contributed by atoms with Crippen LogP contribution in [0.3, 0.4) is 0 Å². The quantitative estimate of drug-likeness (QED) is 0.628. The number of nitrogen functional groups attached to an aromatic ring is 1. The van der Waals surface area contributed by atoms with E-state index in [4.69, 9.17) is 15.2 Å². The minimum atomic E-state index is 0.497. The van der Waals surface area contributed by atoms with Gasteiger partial charge in [-0.3, -0.25) is 4.90 Å². The normalized spacial score (nSPS) is 17.5. The topological polar surface area (TPSA) is 96.3 Å². The number of rotatable bonds is 5. The van der Waals surface area contributed by atoms with Crippen molar-refractivity contribution in [1.29, 1.82) is 0 Å². The molecule has 1 aliphatic heterocycles. The van der Waals surface area contributed by atoms with Crippen LogP contribution >= 0.6 is 0 Å². The van der Waals surface area contributed by atoms with Crippen LogP contribution in [0.25, 0.3) is 0 Å². The van der Waals surface area contributed by atoms with Crippen LogP contribution in [0.4, 0.5) is 28.8 Å². The van der Waals surface area contributed by atoms with Gasteiger partial charge in [0.1, 0.15) is 23.6 Å². The van der Waals surface area contributed by atoms with Gasteiger partial charge < -0.3 is 20.5 Å². The molecule has 0 bridgehead atoms. The molecule has 2 aromatic heterocycles. The number of hydrogen-bond acceptors (Lipinski definition) is 8. The minimum Gasteiger partial charge on any atom is -0.399 e. The van der Waals surface area contributed by atoms with Crippen LogP contribution in [-0.2, 0) is 6.54 Å². The van der Waals surface area contributed by atoms with Gasteiger partial charge in [-0.05, 0) is 43.5 Å². The fraction of sp³-hybridized carbons (Fsp3) is 0.286. The van der Waals surface area contributed by atoms with Gasteiger partial charge in [-0.1, -0.05) is 18.1 Å². The zero-order valence-electron chi connectivity index (χ0n) is 16.2. The van der Waals surface area contributed by atoms with Crippen molar-refractivity contribution in [2.45, 2.75) is 38.8 Å². The highest BCUT2D eigenvalue weighted by Crippen LogP contribution is 2.43. The van der Waals surface area contributed by atoms with E-state index in [-0.39, 0.29) is 0 Å². The summed E-state index contributed by atoms with van der Waals surface area (Å²) in [4.78, 5) is 14.0. The molecular formula is C21H23N7O. The summed E-state index contributed by atoms with van der Waals surface area (Å²) in [6.45, 7) is 2.96. The Hall–Kier alpha value is -3.55. The number of nitrogens with two attached hydrogens (primary N) is 1. The van der Waals surface area contributed by atoms with E-state index < -0.39 is 0 Å². The predicted molar refractivity (Wildman–Crippen MR) is 112 cm³/mol. The molecule has 0 atom stereocenters. The van der Waals surface area contributed by atoms with Crippen molar-refractivity contribution < 1.29 is 4.52 Å². The summed E-state index contributed by atoms with van der Waals surface area (Å²) in [6.07, 6.45) is 10.6. The third-order valence-corrected chi connectivity index (χ3v) is 5.11. The van der Waals surface area contributed by atoms with Gasteiger partial charge in [0.15, 0.2) is 0 Å². The first-order chi connectivity index (χ1) is 14.2. The van der Waals surface area contributed by atoms with E-state index in [1.807, 2.05) is 24.4 Å². The molecule has 5 rings (SSSR count). The van der Waals surface area contributed by atoms with E-state index in [0.717, 1.165) is 41.5 Å². The van der Waals surface area contributed by atoms with Gasteiger partial charge in [0, 0.05) is 30.0 Å². The highest BCUT2D eigenvalue weighted by Gasteiger charge is 2.38. The Kier molecular flexibility index (Phi) is 4.31. The molecule has 2 aliphatic rings. The molecule has 1 fully saturated rings. The number of aromatic nitrogens is 3. The van der Waals surface area contributed by atoms with Crippen LogP contribution in [0.2, 0.25) is 0 Å². The first kappa shape index (κ1) is 17.5. The van der Waals surface area contributed by atoms with Crippen LogP contribution < -0.4 is 16.0 Å². The largest absolute Gasteiger partial charge is 0.399 e. The fourth-order valence-electron chi connectivity index (χ4n) is 3.67. The molecule has 148 valence electrons. The molecule has 0 amide bonds. The summed E-state index contributed by atoms with van der Waals surface area (Å²) < 4.78 is 4.89. The maximum absolute atomic E-state index is 6.11. The van der Waals surface area contributed by atoms with E-state index in [9.17, 15) is 0 Å². The summed E-state index contributed by atoms with van der Waals surface area (Å²) in [5.74, 6) is 2.51. The highest BCUT2D eigenvalue weighted by atomic mass is 16.5. The van der Waals surface area contributed by atoms with E-state index >= 15 is 0 Å². The number of nitrogens with one attached hydrogen (secondary N) is 1. The van der Waals surface area contributed by atoms with E-state index in [2.05, 4.69) is 44.3 Å². The molecule has 1 aromatic carbocycles. The molecule has 8 nitrogen and oxygen atoms in total. The van der Waals surface area contributed by atoms with Crippen molar-refractivity contribution in [2.24, 2.45) is 0 Å². The van der Waals surface area contributed by atoms with Crippen molar-refractivity contribution in [3.05, 3.63) is 60.4 Å². The van der Waals surface area contributed by atoms with Crippen LogP contribution in [0.15, 0.2) is 59.3 Å². The molecule has 8 heteroatoms. The number of fused-ring (bicyclic) bond motifs is 1. The van der Waals surface area contributed by atoms with E-state index in [1.165, 1.54) is 19.1 Å². The summed E-state index contributed by atoms with van der Waals surface area (Å²) >= 11 is 0. The molecule has 29 heavy (non-hydrogen) atoms. The Morgan fingerprint density at radius 2 is 2.21 bits per heavy atom. The van der Waals surface area contributed by atoms with Crippen molar-refractivity contribution in [1.82, 2.24) is 20.0 Å². The van der Waals surface area contributed by atoms with Gasteiger partial charge in [-0.2, -0.15) is 4.98 Å². The van der Waals surface area contributed by atoms with Crippen LogP contribution in [0, 0.1) is 0 Å². The third-order valence-electron chi connectivity index (χ3n) is 5.11. The standard InChI is InChI=1S/C21H23N7O/c1-2-4-19-27(17-7-8-17)12-14-10-23-21(25-16-11-24-29-13-16)26-20(14)28(19)18-6-3-5-15(22)9-18/h3-6,9-11,13,17H,2,7-8,12,22H2,1H3,(H,23,25,26)/b19-4-. The number of hydrogen-bond donors (Lipinski definition) is 2. The van der Waals surface area contributed by atoms with Crippen LogP contribution in [0.1, 0.15) is 31.7 Å². The molecule has 0 saturated heterocycles. The average molecular weight is 389 g/mol. The molecule has 3 aromatic rings. The summed E-state index contributed by atoms with van der Waals surface area (Å²) in [5, 5.41) is 6.87. The number of allylic oxidation sites excluding steroid dienone is 1.